The van der Waals surface area contributed by atoms with Gasteiger partial charge in [-0.1, -0.05) is 19.8 Å². The quantitative estimate of drug-likeness (QED) is 0.712. The van der Waals surface area contributed by atoms with Crippen LogP contribution in [-0.2, 0) is 9.53 Å². The van der Waals surface area contributed by atoms with Crippen molar-refractivity contribution >= 4 is 5.78 Å². The minimum Gasteiger partial charge on any atom is -0.379 e. The van der Waals surface area contributed by atoms with Crippen LogP contribution in [0.2, 0.25) is 0 Å². The number of ketones is 1. The minimum atomic E-state index is -0.251. The van der Waals surface area contributed by atoms with Gasteiger partial charge in [-0.15, -0.1) is 0 Å². The average Bonchev–Trinajstić information content (AvgIpc) is 3.20. The highest BCUT2D eigenvalue weighted by Gasteiger charge is 2.38. The van der Waals surface area contributed by atoms with Gasteiger partial charge in [-0.3, -0.25) is 9.69 Å². The van der Waals surface area contributed by atoms with Gasteiger partial charge < -0.3 is 4.74 Å². The lowest BCUT2D eigenvalue weighted by Gasteiger charge is -2.41. The molecular weight excluding hydrogens is 214 g/mol. The Morgan fingerprint density at radius 2 is 2.00 bits per heavy atom. The maximum Gasteiger partial charge on any atom is 0.152 e. The Bertz CT molecular complexity index is 269. The molecule has 1 heterocycles. The van der Waals surface area contributed by atoms with Crippen LogP contribution < -0.4 is 0 Å². The summed E-state index contributed by atoms with van der Waals surface area (Å²) >= 11 is 0. The molecule has 0 amide bonds. The van der Waals surface area contributed by atoms with E-state index in [0.29, 0.717) is 5.78 Å². The van der Waals surface area contributed by atoms with Crippen LogP contribution in [0.25, 0.3) is 0 Å². The predicted molar refractivity (Wildman–Crippen MR) is 68.1 cm³/mol. The second kappa shape index (κ2) is 5.49. The third-order valence-corrected chi connectivity index (χ3v) is 4.47. The molecule has 0 radical (unpaired) electrons. The third kappa shape index (κ3) is 3.08. The first-order chi connectivity index (χ1) is 8.16. The van der Waals surface area contributed by atoms with Crippen molar-refractivity contribution in [2.24, 2.45) is 5.92 Å². The third-order valence-electron chi connectivity index (χ3n) is 4.47. The topological polar surface area (TPSA) is 29.5 Å². The SMILES string of the molecule is CCC(C)(C(=O)CCC1CC1)N1CCOCC1. The fourth-order valence-electron chi connectivity index (χ4n) is 2.67. The minimum absolute atomic E-state index is 0.251. The van der Waals surface area contributed by atoms with E-state index in [4.69, 9.17) is 4.74 Å². The Morgan fingerprint density at radius 3 is 2.53 bits per heavy atom. The predicted octanol–water partition coefficient (Wildman–Crippen LogP) is 2.25. The molecule has 2 rings (SSSR count). The van der Waals surface area contributed by atoms with Crippen molar-refractivity contribution in [3.05, 3.63) is 0 Å². The summed E-state index contributed by atoms with van der Waals surface area (Å²) in [7, 11) is 0. The summed E-state index contributed by atoms with van der Waals surface area (Å²) in [6.45, 7) is 7.59. The van der Waals surface area contributed by atoms with E-state index in [-0.39, 0.29) is 5.54 Å². The summed E-state index contributed by atoms with van der Waals surface area (Å²) in [5.74, 6) is 1.29. The van der Waals surface area contributed by atoms with Crippen molar-refractivity contribution in [2.45, 2.75) is 51.5 Å². The number of carbonyl (C=O) groups excluding carboxylic acids is 1. The van der Waals surface area contributed by atoms with Crippen LogP contribution >= 0.6 is 0 Å². The largest absolute Gasteiger partial charge is 0.379 e. The molecule has 0 spiro atoms. The Hall–Kier alpha value is -0.410. The number of carbonyl (C=O) groups is 1. The van der Waals surface area contributed by atoms with Crippen molar-refractivity contribution in [1.82, 2.24) is 4.90 Å². The van der Waals surface area contributed by atoms with Crippen molar-refractivity contribution in [3.63, 3.8) is 0 Å². The molecule has 1 unspecified atom stereocenters. The maximum atomic E-state index is 12.4. The summed E-state index contributed by atoms with van der Waals surface area (Å²) in [6.07, 6.45) is 5.48. The first kappa shape index (κ1) is 13.0. The normalized spacial score (nSPS) is 25.5. The molecular formula is C14H25NO2. The lowest BCUT2D eigenvalue weighted by Crippen LogP contribution is -2.56. The van der Waals surface area contributed by atoms with E-state index in [9.17, 15) is 4.79 Å². The number of ether oxygens (including phenoxy) is 1. The first-order valence-corrected chi connectivity index (χ1v) is 7.03. The molecule has 3 heteroatoms. The van der Waals surface area contributed by atoms with E-state index in [0.717, 1.165) is 51.5 Å². The number of hydrogen-bond donors (Lipinski definition) is 0. The van der Waals surface area contributed by atoms with Crippen molar-refractivity contribution < 1.29 is 9.53 Å². The standard InChI is InChI=1S/C14H25NO2/c1-3-14(2,15-8-10-17-11-9-15)13(16)7-6-12-4-5-12/h12H,3-11H2,1-2H3. The highest BCUT2D eigenvalue weighted by atomic mass is 16.5. The van der Waals surface area contributed by atoms with E-state index in [2.05, 4.69) is 18.7 Å². The molecule has 2 aliphatic rings. The summed E-state index contributed by atoms with van der Waals surface area (Å²) in [5, 5.41) is 0. The molecule has 0 aromatic carbocycles. The lowest BCUT2D eigenvalue weighted by atomic mass is 9.87. The molecule has 1 aliphatic heterocycles. The van der Waals surface area contributed by atoms with Gasteiger partial charge in [-0.25, -0.2) is 0 Å². The number of Topliss-reactive ketones (excluding diaryl/α,β-unsaturated/α-hetero) is 1. The molecule has 1 atom stereocenters. The number of nitrogens with zero attached hydrogens (tertiary/aromatic N) is 1. The van der Waals surface area contributed by atoms with Crippen LogP contribution in [0.4, 0.5) is 0 Å². The molecule has 17 heavy (non-hydrogen) atoms. The zero-order valence-corrected chi connectivity index (χ0v) is 11.2. The monoisotopic (exact) mass is 239 g/mol. The highest BCUT2D eigenvalue weighted by Crippen LogP contribution is 2.35. The fourth-order valence-corrected chi connectivity index (χ4v) is 2.67. The summed E-state index contributed by atoms with van der Waals surface area (Å²) in [6, 6.07) is 0. The second-order valence-electron chi connectivity index (χ2n) is 5.63. The van der Waals surface area contributed by atoms with E-state index in [1.165, 1.54) is 12.8 Å². The van der Waals surface area contributed by atoms with Crippen LogP contribution in [0.15, 0.2) is 0 Å². The molecule has 1 saturated carbocycles. The van der Waals surface area contributed by atoms with Gasteiger partial charge in [-0.2, -0.15) is 0 Å². The van der Waals surface area contributed by atoms with Crippen LogP contribution in [0.1, 0.15) is 46.0 Å². The van der Waals surface area contributed by atoms with Crippen molar-refractivity contribution in [2.75, 3.05) is 26.3 Å². The zero-order valence-electron chi connectivity index (χ0n) is 11.2. The molecule has 1 saturated heterocycles. The number of hydrogen-bond acceptors (Lipinski definition) is 3. The van der Waals surface area contributed by atoms with Gasteiger partial charge in [-0.05, 0) is 25.7 Å². The molecule has 0 bridgehead atoms. The molecule has 2 fully saturated rings. The van der Waals surface area contributed by atoms with Crippen molar-refractivity contribution in [3.8, 4) is 0 Å². The zero-order chi connectivity index (χ0) is 12.3. The van der Waals surface area contributed by atoms with E-state index < -0.39 is 0 Å². The molecule has 1 aliphatic carbocycles. The van der Waals surface area contributed by atoms with E-state index in [1.807, 2.05) is 0 Å². The smallest absolute Gasteiger partial charge is 0.152 e. The van der Waals surface area contributed by atoms with E-state index in [1.54, 1.807) is 0 Å². The van der Waals surface area contributed by atoms with Crippen LogP contribution in [0.5, 0.6) is 0 Å². The Kier molecular flexibility index (Phi) is 4.21. The summed E-state index contributed by atoms with van der Waals surface area (Å²) in [5.41, 5.74) is -0.251. The first-order valence-electron chi connectivity index (χ1n) is 7.03. The average molecular weight is 239 g/mol. The fraction of sp³-hybridized carbons (Fsp3) is 0.929. The Labute approximate surface area is 105 Å². The number of rotatable bonds is 6. The van der Waals surface area contributed by atoms with Gasteiger partial charge in [0.1, 0.15) is 0 Å². The molecule has 98 valence electrons. The van der Waals surface area contributed by atoms with Gasteiger partial charge in [0.25, 0.3) is 0 Å². The van der Waals surface area contributed by atoms with Gasteiger partial charge in [0.15, 0.2) is 5.78 Å². The van der Waals surface area contributed by atoms with Crippen LogP contribution in [0, 0.1) is 5.92 Å². The highest BCUT2D eigenvalue weighted by molar-refractivity contribution is 5.88. The van der Waals surface area contributed by atoms with Crippen LogP contribution in [0.3, 0.4) is 0 Å². The Balaban J connectivity index is 1.92. The van der Waals surface area contributed by atoms with E-state index >= 15 is 0 Å². The van der Waals surface area contributed by atoms with Gasteiger partial charge in [0.2, 0.25) is 0 Å². The van der Waals surface area contributed by atoms with Crippen molar-refractivity contribution in [1.29, 1.82) is 0 Å². The number of morpholine rings is 1. The maximum absolute atomic E-state index is 12.4. The van der Waals surface area contributed by atoms with Gasteiger partial charge in [0, 0.05) is 19.5 Å². The summed E-state index contributed by atoms with van der Waals surface area (Å²) in [4.78, 5) is 14.8. The van der Waals surface area contributed by atoms with Crippen LogP contribution in [-0.4, -0.2) is 42.5 Å². The van der Waals surface area contributed by atoms with Gasteiger partial charge >= 0.3 is 0 Å². The molecule has 3 nitrogen and oxygen atoms in total. The lowest BCUT2D eigenvalue weighted by molar-refractivity contribution is -0.134. The molecule has 0 aromatic rings. The molecule has 0 aromatic heterocycles. The molecule has 0 N–H and O–H groups in total. The second-order valence-corrected chi connectivity index (χ2v) is 5.63. The summed E-state index contributed by atoms with van der Waals surface area (Å²) < 4.78 is 5.37. The Morgan fingerprint density at radius 1 is 1.35 bits per heavy atom. The van der Waals surface area contributed by atoms with Gasteiger partial charge in [0.05, 0.1) is 18.8 Å².